The fourth-order valence-electron chi connectivity index (χ4n) is 2.28. The predicted octanol–water partition coefficient (Wildman–Crippen LogP) is 3.79. The zero-order chi connectivity index (χ0) is 16.9. The fraction of sp³-hybridized carbons (Fsp3) is 0.158. The van der Waals surface area contributed by atoms with Crippen molar-refractivity contribution in [1.82, 2.24) is 9.78 Å². The summed E-state index contributed by atoms with van der Waals surface area (Å²) in [6, 6.07) is 17.0. The predicted molar refractivity (Wildman–Crippen MR) is 93.2 cm³/mol. The maximum absolute atomic E-state index is 12.3. The zero-order valence-electron chi connectivity index (χ0n) is 13.7. The molecule has 122 valence electrons. The number of aromatic nitrogens is 2. The van der Waals surface area contributed by atoms with Gasteiger partial charge >= 0.3 is 0 Å². The van der Waals surface area contributed by atoms with Gasteiger partial charge in [0.1, 0.15) is 5.75 Å². The molecule has 0 unspecified atom stereocenters. The summed E-state index contributed by atoms with van der Waals surface area (Å²) in [6.07, 6.45) is 1.72. The van der Waals surface area contributed by atoms with Crippen molar-refractivity contribution in [3.05, 3.63) is 77.6 Å². The van der Waals surface area contributed by atoms with E-state index in [-0.39, 0.29) is 12.6 Å². The first-order valence-corrected chi connectivity index (χ1v) is 7.72. The number of hydrogen-bond acceptors (Lipinski definition) is 3. The minimum absolute atomic E-state index is 0.234. The van der Waals surface area contributed by atoms with Crippen LogP contribution in [0.5, 0.6) is 5.75 Å². The lowest BCUT2D eigenvalue weighted by Crippen LogP contribution is -2.15. The van der Waals surface area contributed by atoms with Crippen molar-refractivity contribution in [2.75, 3.05) is 5.32 Å². The smallest absolute Gasteiger partial charge is 0.276 e. The molecular weight excluding hydrogens is 302 g/mol. The third kappa shape index (κ3) is 3.63. The van der Waals surface area contributed by atoms with Crippen molar-refractivity contribution in [1.29, 1.82) is 0 Å². The maximum Gasteiger partial charge on any atom is 0.276 e. The number of amides is 1. The van der Waals surface area contributed by atoms with Gasteiger partial charge in [-0.3, -0.25) is 4.79 Å². The van der Waals surface area contributed by atoms with Gasteiger partial charge in [-0.15, -0.1) is 0 Å². The van der Waals surface area contributed by atoms with Gasteiger partial charge in [0.2, 0.25) is 0 Å². The van der Waals surface area contributed by atoms with Gasteiger partial charge in [-0.1, -0.05) is 30.3 Å². The Bertz CT molecular complexity index is 841. The van der Waals surface area contributed by atoms with Crippen molar-refractivity contribution in [2.24, 2.45) is 0 Å². The highest BCUT2D eigenvalue weighted by Crippen LogP contribution is 2.18. The summed E-state index contributed by atoms with van der Waals surface area (Å²) >= 11 is 0. The molecule has 0 aliphatic heterocycles. The quantitative estimate of drug-likeness (QED) is 0.778. The number of hydrogen-bond donors (Lipinski definition) is 1. The molecule has 1 N–H and O–H groups in total. The Kier molecular flexibility index (Phi) is 4.61. The molecule has 0 fully saturated rings. The minimum atomic E-state index is -0.234. The number of carbonyl (C=O) groups is 1. The van der Waals surface area contributed by atoms with Crippen molar-refractivity contribution < 1.29 is 9.53 Å². The average molecular weight is 321 g/mol. The Morgan fingerprint density at radius 2 is 1.88 bits per heavy atom. The van der Waals surface area contributed by atoms with Crippen LogP contribution in [-0.2, 0) is 6.73 Å². The number of rotatable bonds is 5. The van der Waals surface area contributed by atoms with E-state index in [1.165, 1.54) is 0 Å². The van der Waals surface area contributed by atoms with Crippen molar-refractivity contribution >= 4 is 11.6 Å². The van der Waals surface area contributed by atoms with E-state index in [9.17, 15) is 4.79 Å². The Morgan fingerprint density at radius 1 is 1.08 bits per heavy atom. The van der Waals surface area contributed by atoms with Crippen LogP contribution in [0.1, 0.15) is 21.6 Å². The molecule has 0 bridgehead atoms. The summed E-state index contributed by atoms with van der Waals surface area (Å²) in [6.45, 7) is 4.25. The Hall–Kier alpha value is -3.08. The Morgan fingerprint density at radius 3 is 2.67 bits per heavy atom. The van der Waals surface area contributed by atoms with Crippen molar-refractivity contribution in [3.8, 4) is 5.75 Å². The fourth-order valence-corrected chi connectivity index (χ4v) is 2.28. The largest absolute Gasteiger partial charge is 0.471 e. The van der Waals surface area contributed by atoms with E-state index in [1.807, 2.05) is 62.4 Å². The number of anilines is 1. The standard InChI is InChI=1S/C19H19N3O2/c1-14-7-6-10-17(15(14)2)20-19(23)18-11-12-22(21-18)13-24-16-8-4-3-5-9-16/h3-12H,13H2,1-2H3,(H,20,23). The molecule has 0 aliphatic rings. The maximum atomic E-state index is 12.3. The summed E-state index contributed by atoms with van der Waals surface area (Å²) in [7, 11) is 0. The summed E-state index contributed by atoms with van der Waals surface area (Å²) in [4.78, 5) is 12.3. The van der Waals surface area contributed by atoms with E-state index in [4.69, 9.17) is 4.74 Å². The van der Waals surface area contributed by atoms with Crippen molar-refractivity contribution in [3.63, 3.8) is 0 Å². The highest BCUT2D eigenvalue weighted by Gasteiger charge is 2.11. The SMILES string of the molecule is Cc1cccc(NC(=O)c2ccn(COc3ccccc3)n2)c1C. The van der Waals surface area contributed by atoms with Crippen LogP contribution >= 0.6 is 0 Å². The lowest BCUT2D eigenvalue weighted by molar-refractivity contribution is 0.102. The topological polar surface area (TPSA) is 56.2 Å². The molecular formula is C19H19N3O2. The van der Waals surface area contributed by atoms with Crippen LogP contribution in [-0.4, -0.2) is 15.7 Å². The molecule has 3 rings (SSSR count). The van der Waals surface area contributed by atoms with Crippen molar-refractivity contribution in [2.45, 2.75) is 20.6 Å². The van der Waals surface area contributed by atoms with Crippen LogP contribution in [0.4, 0.5) is 5.69 Å². The minimum Gasteiger partial charge on any atom is -0.471 e. The lowest BCUT2D eigenvalue weighted by atomic mass is 10.1. The number of nitrogens with one attached hydrogen (secondary N) is 1. The molecule has 1 amide bonds. The average Bonchev–Trinajstić information content (AvgIpc) is 3.07. The number of aryl methyl sites for hydroxylation is 1. The monoisotopic (exact) mass is 321 g/mol. The van der Waals surface area contributed by atoms with E-state index >= 15 is 0 Å². The van der Waals surface area contributed by atoms with Crippen LogP contribution in [0.3, 0.4) is 0 Å². The first-order chi connectivity index (χ1) is 11.6. The molecule has 1 heterocycles. The molecule has 2 aromatic carbocycles. The van der Waals surface area contributed by atoms with E-state index < -0.39 is 0 Å². The molecule has 3 aromatic rings. The molecule has 0 saturated heterocycles. The van der Waals surface area contributed by atoms with E-state index in [0.717, 1.165) is 22.6 Å². The second-order valence-corrected chi connectivity index (χ2v) is 5.53. The molecule has 1 aromatic heterocycles. The third-order valence-corrected chi connectivity index (χ3v) is 3.83. The van der Waals surface area contributed by atoms with E-state index in [1.54, 1.807) is 16.9 Å². The van der Waals surface area contributed by atoms with Crippen LogP contribution in [0.25, 0.3) is 0 Å². The number of carbonyl (C=O) groups excluding carboxylic acids is 1. The molecule has 0 radical (unpaired) electrons. The highest BCUT2D eigenvalue weighted by atomic mass is 16.5. The van der Waals surface area contributed by atoms with Gasteiger partial charge in [0.05, 0.1) is 0 Å². The van der Waals surface area contributed by atoms with Crippen LogP contribution in [0.2, 0.25) is 0 Å². The molecule has 0 saturated carbocycles. The van der Waals surface area contributed by atoms with Crippen LogP contribution < -0.4 is 10.1 Å². The summed E-state index contributed by atoms with van der Waals surface area (Å²) in [5, 5.41) is 7.15. The lowest BCUT2D eigenvalue weighted by Gasteiger charge is -2.09. The number of benzene rings is 2. The molecule has 0 atom stereocenters. The number of ether oxygens (including phenoxy) is 1. The van der Waals surface area contributed by atoms with Gasteiger partial charge in [0.15, 0.2) is 12.4 Å². The van der Waals surface area contributed by atoms with E-state index in [0.29, 0.717) is 5.69 Å². The number of nitrogens with zero attached hydrogens (tertiary/aromatic N) is 2. The van der Waals surface area contributed by atoms with Gasteiger partial charge in [-0.25, -0.2) is 4.68 Å². The van der Waals surface area contributed by atoms with Crippen LogP contribution in [0.15, 0.2) is 60.8 Å². The first kappa shape index (κ1) is 15.8. The van der Waals surface area contributed by atoms with Gasteiger partial charge in [-0.2, -0.15) is 5.10 Å². The Balaban J connectivity index is 1.64. The second-order valence-electron chi connectivity index (χ2n) is 5.53. The molecule has 24 heavy (non-hydrogen) atoms. The highest BCUT2D eigenvalue weighted by molar-refractivity contribution is 6.03. The molecule has 5 nitrogen and oxygen atoms in total. The van der Waals surface area contributed by atoms with Gasteiger partial charge in [0.25, 0.3) is 5.91 Å². The molecule has 5 heteroatoms. The van der Waals surface area contributed by atoms with Crippen LogP contribution in [0, 0.1) is 13.8 Å². The van der Waals surface area contributed by atoms with Gasteiger partial charge in [0, 0.05) is 11.9 Å². The third-order valence-electron chi connectivity index (χ3n) is 3.83. The van der Waals surface area contributed by atoms with Gasteiger partial charge in [-0.05, 0) is 49.2 Å². The van der Waals surface area contributed by atoms with E-state index in [2.05, 4.69) is 10.4 Å². The summed E-state index contributed by atoms with van der Waals surface area (Å²) in [5.74, 6) is 0.525. The normalized spacial score (nSPS) is 10.4. The number of para-hydroxylation sites is 1. The molecule has 0 spiro atoms. The Labute approximate surface area is 140 Å². The first-order valence-electron chi connectivity index (χ1n) is 7.72. The summed E-state index contributed by atoms with van der Waals surface area (Å²) < 4.78 is 7.20. The molecule has 0 aliphatic carbocycles. The summed E-state index contributed by atoms with van der Waals surface area (Å²) in [5.41, 5.74) is 3.34. The second kappa shape index (κ2) is 7.00. The van der Waals surface area contributed by atoms with Gasteiger partial charge < -0.3 is 10.1 Å². The zero-order valence-corrected chi connectivity index (χ0v) is 13.7.